The molecule has 1 saturated heterocycles. The minimum atomic E-state index is -4.48. The fourth-order valence-corrected chi connectivity index (χ4v) is 3.94. The van der Waals surface area contributed by atoms with Crippen LogP contribution in [0.4, 0.5) is 29.3 Å². The number of anilines is 2. The van der Waals surface area contributed by atoms with E-state index in [0.29, 0.717) is 18.7 Å². The number of thiophene rings is 1. The highest BCUT2D eigenvalue weighted by Crippen LogP contribution is 2.36. The summed E-state index contributed by atoms with van der Waals surface area (Å²) in [6.45, 7) is 1.55. The van der Waals surface area contributed by atoms with Crippen LogP contribution in [0.25, 0.3) is 0 Å². The van der Waals surface area contributed by atoms with Gasteiger partial charge in [0.05, 0.1) is 23.5 Å². The Bertz CT molecular complexity index is 865. The van der Waals surface area contributed by atoms with Gasteiger partial charge in [-0.25, -0.2) is 4.79 Å². The molecule has 3 amide bonds. The van der Waals surface area contributed by atoms with Gasteiger partial charge in [0.15, 0.2) is 0 Å². The van der Waals surface area contributed by atoms with Gasteiger partial charge in [-0.2, -0.15) is 13.2 Å². The maximum absolute atomic E-state index is 13.1. The lowest BCUT2D eigenvalue weighted by atomic mass is 10.1. The molecular formula is C20H23F3N4O2S. The smallest absolute Gasteiger partial charge is 0.374 e. The zero-order valence-corrected chi connectivity index (χ0v) is 17.0. The number of carbonyl (C=O) groups excluding carboxylic acids is 2. The van der Waals surface area contributed by atoms with Crippen LogP contribution >= 0.6 is 11.3 Å². The lowest BCUT2D eigenvalue weighted by Crippen LogP contribution is -2.42. The van der Waals surface area contributed by atoms with Gasteiger partial charge in [0.25, 0.3) is 0 Å². The number of carbonyl (C=O) groups is 2. The van der Waals surface area contributed by atoms with E-state index >= 15 is 0 Å². The van der Waals surface area contributed by atoms with E-state index in [1.165, 1.54) is 6.07 Å². The predicted molar refractivity (Wildman–Crippen MR) is 111 cm³/mol. The zero-order chi connectivity index (χ0) is 21.6. The number of benzene rings is 1. The fraction of sp³-hybridized carbons (Fsp3) is 0.400. The molecule has 2 heterocycles. The van der Waals surface area contributed by atoms with Crippen molar-refractivity contribution in [2.24, 2.45) is 0 Å². The standard InChI is InChI=1S/C20H23F3N4O2S/c21-20(22,23)14-5-6-17(27-9-1-2-10-27)16(12-14)25-13-18(28)26-19(29)24-8-7-15-4-3-11-30-15/h3-6,11-12,25H,1-2,7-10,13H2,(H2,24,26,28,29). The number of imide groups is 1. The van der Waals surface area contributed by atoms with E-state index in [2.05, 4.69) is 16.0 Å². The summed E-state index contributed by atoms with van der Waals surface area (Å²) in [5.41, 5.74) is 0.0494. The third-order valence-electron chi connectivity index (χ3n) is 4.70. The number of rotatable bonds is 7. The average Bonchev–Trinajstić information content (AvgIpc) is 3.39. The van der Waals surface area contributed by atoms with Crippen molar-refractivity contribution >= 4 is 34.6 Å². The van der Waals surface area contributed by atoms with Gasteiger partial charge in [0.2, 0.25) is 5.91 Å². The van der Waals surface area contributed by atoms with E-state index in [1.54, 1.807) is 11.3 Å². The molecule has 1 fully saturated rings. The topological polar surface area (TPSA) is 73.5 Å². The lowest BCUT2D eigenvalue weighted by Gasteiger charge is -2.23. The average molecular weight is 440 g/mol. The third kappa shape index (κ3) is 6.12. The normalized spacial score (nSPS) is 13.9. The van der Waals surface area contributed by atoms with Gasteiger partial charge in [-0.3, -0.25) is 10.1 Å². The molecular weight excluding hydrogens is 417 g/mol. The first-order valence-electron chi connectivity index (χ1n) is 9.63. The number of nitrogens with zero attached hydrogens (tertiary/aromatic N) is 1. The maximum atomic E-state index is 13.1. The first-order chi connectivity index (χ1) is 14.3. The van der Waals surface area contributed by atoms with Crippen molar-refractivity contribution in [2.75, 3.05) is 36.4 Å². The second-order valence-electron chi connectivity index (χ2n) is 6.91. The SMILES string of the molecule is O=C(CNc1cc(C(F)(F)F)ccc1N1CCCC1)NC(=O)NCCc1cccs1. The van der Waals surface area contributed by atoms with Crippen molar-refractivity contribution in [3.05, 3.63) is 46.2 Å². The Kier molecular flexibility index (Phi) is 7.20. The Balaban J connectivity index is 1.55. The largest absolute Gasteiger partial charge is 0.416 e. The summed E-state index contributed by atoms with van der Waals surface area (Å²) in [5.74, 6) is -0.631. The molecule has 2 aromatic rings. The van der Waals surface area contributed by atoms with Gasteiger partial charge < -0.3 is 15.5 Å². The maximum Gasteiger partial charge on any atom is 0.416 e. The van der Waals surface area contributed by atoms with E-state index in [4.69, 9.17) is 0 Å². The molecule has 0 saturated carbocycles. The van der Waals surface area contributed by atoms with Gasteiger partial charge in [-0.15, -0.1) is 11.3 Å². The van der Waals surface area contributed by atoms with Crippen LogP contribution in [0, 0.1) is 0 Å². The number of halogens is 3. The van der Waals surface area contributed by atoms with Crippen LogP contribution in [0.2, 0.25) is 0 Å². The van der Waals surface area contributed by atoms with E-state index in [0.717, 1.165) is 42.9 Å². The Hall–Kier alpha value is -2.75. The van der Waals surface area contributed by atoms with E-state index < -0.39 is 23.7 Å². The number of alkyl halides is 3. The summed E-state index contributed by atoms with van der Waals surface area (Å²) in [7, 11) is 0. The predicted octanol–water partition coefficient (Wildman–Crippen LogP) is 3.85. The minimum Gasteiger partial charge on any atom is -0.374 e. The van der Waals surface area contributed by atoms with Crippen molar-refractivity contribution in [3.63, 3.8) is 0 Å². The van der Waals surface area contributed by atoms with Gasteiger partial charge >= 0.3 is 12.2 Å². The van der Waals surface area contributed by atoms with Crippen molar-refractivity contribution in [1.29, 1.82) is 0 Å². The molecule has 0 spiro atoms. The fourth-order valence-electron chi connectivity index (χ4n) is 3.23. The summed E-state index contributed by atoms with van der Waals surface area (Å²) < 4.78 is 39.3. The van der Waals surface area contributed by atoms with E-state index in [-0.39, 0.29) is 12.2 Å². The second kappa shape index (κ2) is 9.84. The molecule has 0 radical (unpaired) electrons. The first-order valence-corrected chi connectivity index (χ1v) is 10.5. The molecule has 3 N–H and O–H groups in total. The monoisotopic (exact) mass is 440 g/mol. The van der Waals surface area contributed by atoms with Gasteiger partial charge in [-0.05, 0) is 48.9 Å². The molecule has 0 atom stereocenters. The van der Waals surface area contributed by atoms with Crippen LogP contribution in [-0.4, -0.2) is 38.1 Å². The van der Waals surface area contributed by atoms with Crippen LogP contribution in [0.5, 0.6) is 0 Å². The summed E-state index contributed by atoms with van der Waals surface area (Å²) in [5, 5.41) is 9.46. The van der Waals surface area contributed by atoms with Crippen molar-refractivity contribution < 1.29 is 22.8 Å². The summed E-state index contributed by atoms with van der Waals surface area (Å²) in [6, 6.07) is 6.70. The molecule has 3 rings (SSSR count). The molecule has 0 aliphatic carbocycles. The van der Waals surface area contributed by atoms with Crippen molar-refractivity contribution in [2.45, 2.75) is 25.4 Å². The number of hydrogen-bond donors (Lipinski definition) is 3. The third-order valence-corrected chi connectivity index (χ3v) is 5.64. The highest BCUT2D eigenvalue weighted by molar-refractivity contribution is 7.09. The van der Waals surface area contributed by atoms with Crippen molar-refractivity contribution in [1.82, 2.24) is 10.6 Å². The highest BCUT2D eigenvalue weighted by Gasteiger charge is 2.31. The van der Waals surface area contributed by atoms with Crippen LogP contribution < -0.4 is 20.9 Å². The summed E-state index contributed by atoms with van der Waals surface area (Å²) in [6.07, 6.45) is -1.90. The Labute approximate surface area is 176 Å². The van der Waals surface area contributed by atoms with E-state index in [9.17, 15) is 22.8 Å². The second-order valence-corrected chi connectivity index (χ2v) is 7.94. The Morgan fingerprint density at radius 1 is 1.13 bits per heavy atom. The van der Waals surface area contributed by atoms with Crippen LogP contribution in [0.3, 0.4) is 0 Å². The molecule has 0 bridgehead atoms. The van der Waals surface area contributed by atoms with Crippen LogP contribution in [0.15, 0.2) is 35.7 Å². The molecule has 162 valence electrons. The Morgan fingerprint density at radius 3 is 2.57 bits per heavy atom. The Morgan fingerprint density at radius 2 is 1.90 bits per heavy atom. The zero-order valence-electron chi connectivity index (χ0n) is 16.2. The summed E-state index contributed by atoms with van der Waals surface area (Å²) >= 11 is 1.58. The van der Waals surface area contributed by atoms with Gasteiger partial charge in [0.1, 0.15) is 0 Å². The number of hydrogen-bond acceptors (Lipinski definition) is 5. The van der Waals surface area contributed by atoms with Crippen LogP contribution in [0.1, 0.15) is 23.3 Å². The molecule has 6 nitrogen and oxygen atoms in total. The number of nitrogens with one attached hydrogen (secondary N) is 3. The van der Waals surface area contributed by atoms with Gasteiger partial charge in [-0.1, -0.05) is 6.07 Å². The molecule has 0 unspecified atom stereocenters. The molecule has 10 heteroatoms. The summed E-state index contributed by atoms with van der Waals surface area (Å²) in [4.78, 5) is 27.0. The molecule has 1 aliphatic heterocycles. The highest BCUT2D eigenvalue weighted by atomic mass is 32.1. The lowest BCUT2D eigenvalue weighted by molar-refractivity contribution is -0.137. The molecule has 1 aromatic heterocycles. The van der Waals surface area contributed by atoms with Crippen molar-refractivity contribution in [3.8, 4) is 0 Å². The van der Waals surface area contributed by atoms with Crippen LogP contribution in [-0.2, 0) is 17.4 Å². The molecule has 30 heavy (non-hydrogen) atoms. The first kappa shape index (κ1) is 21.9. The molecule has 1 aromatic carbocycles. The molecule has 1 aliphatic rings. The number of amides is 3. The van der Waals surface area contributed by atoms with E-state index in [1.807, 2.05) is 22.4 Å². The minimum absolute atomic E-state index is 0.222. The quantitative estimate of drug-likeness (QED) is 0.612. The number of urea groups is 1. The van der Waals surface area contributed by atoms with Gasteiger partial charge in [0, 0.05) is 24.5 Å².